The number of hydrogen-bond donors (Lipinski definition) is 2. The first-order chi connectivity index (χ1) is 16.7. The van der Waals surface area contributed by atoms with Crippen LogP contribution in [0, 0.1) is 5.41 Å². The average Bonchev–Trinajstić information content (AvgIpc) is 3.36. The molecule has 3 aliphatic heterocycles. The highest BCUT2D eigenvalue weighted by molar-refractivity contribution is 5.76. The van der Waals surface area contributed by atoms with E-state index >= 15 is 0 Å². The number of benzene rings is 1. The van der Waals surface area contributed by atoms with Gasteiger partial charge in [-0.1, -0.05) is 32.1 Å². The Morgan fingerprint density at radius 2 is 2.03 bits per heavy atom. The standard InChI is InChI=1S/C27H37N3O5/c1-6-21(32)28-16-27(33)23-26(19-10-9-18(34-5)15-20(19)29(23)4)12-14-30-13-8-11-25(7-2,22(26)30)24(27)35-17(3)31/h8-11,15,22-24,33H,6-7,12-14,16H2,1-5H3,(H,28,32)/t22-,23+,24+,25+,26+,27?/m0/s1. The zero-order valence-corrected chi connectivity index (χ0v) is 21.3. The number of amides is 1. The summed E-state index contributed by atoms with van der Waals surface area (Å²) in [6.45, 7) is 7.01. The lowest BCUT2D eigenvalue weighted by molar-refractivity contribution is -0.217. The minimum atomic E-state index is -1.53. The van der Waals surface area contributed by atoms with Crippen molar-refractivity contribution in [2.24, 2.45) is 5.41 Å². The zero-order valence-electron chi connectivity index (χ0n) is 21.3. The molecule has 1 aliphatic carbocycles. The zero-order chi connectivity index (χ0) is 25.2. The maximum atomic E-state index is 12.8. The lowest BCUT2D eigenvalue weighted by Crippen LogP contribution is -2.81. The third-order valence-corrected chi connectivity index (χ3v) is 9.11. The summed E-state index contributed by atoms with van der Waals surface area (Å²) in [4.78, 5) is 29.5. The summed E-state index contributed by atoms with van der Waals surface area (Å²) in [5.74, 6) is 0.179. The largest absolute Gasteiger partial charge is 0.497 e. The second kappa shape index (κ2) is 8.23. The number of nitrogens with one attached hydrogen (secondary N) is 1. The SMILES string of the molecule is CCC(=O)NCC1(O)[C@H](OC(C)=O)[C@]2(CC)C=CCN3CC[C@@]4(c5ccc(OC)cc5N(C)[C@@H]14)[C@@H]32. The van der Waals surface area contributed by atoms with E-state index in [0.29, 0.717) is 12.8 Å². The van der Waals surface area contributed by atoms with Gasteiger partial charge in [-0.15, -0.1) is 0 Å². The predicted octanol–water partition coefficient (Wildman–Crippen LogP) is 1.99. The second-order valence-corrected chi connectivity index (χ2v) is 10.6. The third kappa shape index (κ3) is 3.05. The van der Waals surface area contributed by atoms with E-state index in [1.807, 2.05) is 19.2 Å². The van der Waals surface area contributed by atoms with Crippen LogP contribution < -0.4 is 15.0 Å². The molecule has 2 fully saturated rings. The Hall–Kier alpha value is -2.58. The normalized spacial score (nSPS) is 36.9. The molecule has 0 bridgehead atoms. The van der Waals surface area contributed by atoms with E-state index in [9.17, 15) is 14.7 Å². The number of esters is 1. The Bertz CT molecular complexity index is 1070. The van der Waals surface area contributed by atoms with Gasteiger partial charge in [0, 0.05) is 55.6 Å². The van der Waals surface area contributed by atoms with Crippen LogP contribution in [0.25, 0.3) is 0 Å². The number of ether oxygens (including phenoxy) is 2. The van der Waals surface area contributed by atoms with Crippen LogP contribution in [0.5, 0.6) is 5.75 Å². The van der Waals surface area contributed by atoms with E-state index in [4.69, 9.17) is 9.47 Å². The van der Waals surface area contributed by atoms with E-state index in [1.54, 1.807) is 14.0 Å². The topological polar surface area (TPSA) is 91.3 Å². The van der Waals surface area contributed by atoms with Crippen LogP contribution in [0.1, 0.15) is 45.6 Å². The molecular formula is C27H37N3O5. The number of fused-ring (bicyclic) bond motifs is 1. The molecule has 1 unspecified atom stereocenters. The van der Waals surface area contributed by atoms with Gasteiger partial charge in [-0.3, -0.25) is 14.5 Å². The number of methoxy groups -OCH3 is 1. The molecule has 0 radical (unpaired) electrons. The van der Waals surface area contributed by atoms with Crippen molar-refractivity contribution in [3.63, 3.8) is 0 Å². The molecule has 8 nitrogen and oxygen atoms in total. The van der Waals surface area contributed by atoms with E-state index in [0.717, 1.165) is 30.9 Å². The molecule has 6 atom stereocenters. The van der Waals surface area contributed by atoms with Gasteiger partial charge in [-0.25, -0.2) is 0 Å². The van der Waals surface area contributed by atoms with Gasteiger partial charge in [0.2, 0.25) is 5.91 Å². The fraction of sp³-hybridized carbons (Fsp3) is 0.630. The number of rotatable bonds is 6. The Labute approximate surface area is 207 Å². The number of carbonyl (C=O) groups is 2. The number of likely N-dealkylation sites (N-methyl/N-ethyl adjacent to an activating group) is 1. The van der Waals surface area contributed by atoms with Crippen LogP contribution in [0.15, 0.2) is 30.4 Å². The van der Waals surface area contributed by atoms with Gasteiger partial charge in [0.1, 0.15) is 17.5 Å². The van der Waals surface area contributed by atoms with Crippen LogP contribution in [0.2, 0.25) is 0 Å². The molecule has 1 spiro atoms. The van der Waals surface area contributed by atoms with E-state index in [1.165, 1.54) is 12.5 Å². The van der Waals surface area contributed by atoms with Gasteiger partial charge in [0.15, 0.2) is 0 Å². The van der Waals surface area contributed by atoms with Crippen LogP contribution >= 0.6 is 0 Å². The van der Waals surface area contributed by atoms with Crippen molar-refractivity contribution < 1.29 is 24.2 Å². The quantitative estimate of drug-likeness (QED) is 0.472. The first-order valence-corrected chi connectivity index (χ1v) is 12.7. The van der Waals surface area contributed by atoms with Crippen LogP contribution in [-0.2, 0) is 19.7 Å². The van der Waals surface area contributed by atoms with Gasteiger partial charge < -0.3 is 24.8 Å². The maximum absolute atomic E-state index is 12.8. The molecule has 1 saturated carbocycles. The minimum Gasteiger partial charge on any atom is -0.497 e. The van der Waals surface area contributed by atoms with Crippen molar-refractivity contribution >= 4 is 17.6 Å². The molecule has 2 N–H and O–H groups in total. The first-order valence-electron chi connectivity index (χ1n) is 12.7. The molecule has 5 rings (SSSR count). The summed E-state index contributed by atoms with van der Waals surface area (Å²) in [5.41, 5.74) is -0.334. The molecular weight excluding hydrogens is 446 g/mol. The van der Waals surface area contributed by atoms with E-state index in [-0.39, 0.29) is 18.5 Å². The molecule has 1 aromatic rings. The highest BCUT2D eigenvalue weighted by Crippen LogP contribution is 2.67. The summed E-state index contributed by atoms with van der Waals surface area (Å²) in [6, 6.07) is 5.81. The Kier molecular flexibility index (Phi) is 5.68. The van der Waals surface area contributed by atoms with Crippen LogP contribution in [0.4, 0.5) is 5.69 Å². The summed E-state index contributed by atoms with van der Waals surface area (Å²) >= 11 is 0. The highest BCUT2D eigenvalue weighted by atomic mass is 16.6. The van der Waals surface area contributed by atoms with Gasteiger partial charge in [0.25, 0.3) is 0 Å². The molecule has 4 aliphatic rings. The molecule has 190 valence electrons. The smallest absolute Gasteiger partial charge is 0.303 e. The maximum Gasteiger partial charge on any atom is 0.303 e. The summed E-state index contributed by atoms with van der Waals surface area (Å²) in [7, 11) is 3.65. The minimum absolute atomic E-state index is 0.00180. The van der Waals surface area contributed by atoms with Gasteiger partial charge >= 0.3 is 5.97 Å². The molecule has 3 heterocycles. The first kappa shape index (κ1) is 24.1. The molecule has 1 aromatic carbocycles. The van der Waals surface area contributed by atoms with Gasteiger partial charge in [-0.2, -0.15) is 0 Å². The molecule has 35 heavy (non-hydrogen) atoms. The summed E-state index contributed by atoms with van der Waals surface area (Å²) in [5, 5.41) is 15.7. The highest BCUT2D eigenvalue weighted by Gasteiger charge is 2.77. The van der Waals surface area contributed by atoms with Crippen LogP contribution in [-0.4, -0.2) is 79.5 Å². The third-order valence-electron chi connectivity index (χ3n) is 9.11. The Morgan fingerprint density at radius 3 is 2.69 bits per heavy atom. The summed E-state index contributed by atoms with van der Waals surface area (Å²) < 4.78 is 11.6. The van der Waals surface area contributed by atoms with E-state index < -0.39 is 34.5 Å². The number of anilines is 1. The van der Waals surface area contributed by atoms with Gasteiger partial charge in [0.05, 0.1) is 19.7 Å². The van der Waals surface area contributed by atoms with Crippen molar-refractivity contribution in [3.05, 3.63) is 35.9 Å². The summed E-state index contributed by atoms with van der Waals surface area (Å²) in [6.07, 6.45) is 5.37. The average molecular weight is 484 g/mol. The number of hydrogen-bond acceptors (Lipinski definition) is 7. The number of nitrogens with zero attached hydrogens (tertiary/aromatic N) is 2. The predicted molar refractivity (Wildman–Crippen MR) is 133 cm³/mol. The fourth-order valence-electron chi connectivity index (χ4n) is 8.01. The van der Waals surface area contributed by atoms with E-state index in [2.05, 4.69) is 40.3 Å². The Balaban J connectivity index is 1.79. The monoisotopic (exact) mass is 483 g/mol. The van der Waals surface area contributed by atoms with Crippen molar-refractivity contribution in [3.8, 4) is 5.75 Å². The molecule has 1 saturated heterocycles. The van der Waals surface area contributed by atoms with Crippen LogP contribution in [0.3, 0.4) is 0 Å². The molecule has 1 amide bonds. The lowest BCUT2D eigenvalue weighted by atomic mass is 9.47. The Morgan fingerprint density at radius 1 is 1.26 bits per heavy atom. The van der Waals surface area contributed by atoms with Crippen molar-refractivity contribution in [2.75, 3.05) is 38.7 Å². The number of aliphatic hydroxyl groups is 1. The fourth-order valence-corrected chi connectivity index (χ4v) is 8.01. The lowest BCUT2D eigenvalue weighted by Gasteiger charge is -2.64. The van der Waals surface area contributed by atoms with Crippen molar-refractivity contribution in [1.29, 1.82) is 0 Å². The number of carbonyl (C=O) groups excluding carboxylic acids is 2. The second-order valence-electron chi connectivity index (χ2n) is 10.6. The van der Waals surface area contributed by atoms with Gasteiger partial charge in [-0.05, 0) is 31.0 Å². The van der Waals surface area contributed by atoms with Crippen molar-refractivity contribution in [2.45, 2.75) is 69.2 Å². The molecule has 0 aromatic heterocycles. The molecule has 8 heteroatoms. The van der Waals surface area contributed by atoms with Crippen molar-refractivity contribution in [1.82, 2.24) is 10.2 Å².